The summed E-state index contributed by atoms with van der Waals surface area (Å²) in [6.07, 6.45) is 2.57. The molecule has 1 amide bonds. The van der Waals surface area contributed by atoms with Crippen molar-refractivity contribution in [1.29, 1.82) is 5.41 Å². The van der Waals surface area contributed by atoms with Crippen molar-refractivity contribution < 1.29 is 9.53 Å². The van der Waals surface area contributed by atoms with Gasteiger partial charge in [-0.05, 0) is 42.4 Å². The van der Waals surface area contributed by atoms with Gasteiger partial charge in [0.2, 0.25) is 5.91 Å². The Hall–Kier alpha value is -3.16. The third kappa shape index (κ3) is 5.67. The van der Waals surface area contributed by atoms with E-state index in [0.717, 1.165) is 17.7 Å². The molecule has 0 aromatic heterocycles. The van der Waals surface area contributed by atoms with E-state index in [1.807, 2.05) is 43.4 Å². The Bertz CT molecular complexity index is 818. The molecule has 0 aliphatic heterocycles. The van der Waals surface area contributed by atoms with Crippen LogP contribution in [0.3, 0.4) is 0 Å². The summed E-state index contributed by atoms with van der Waals surface area (Å²) in [5.74, 6) is 0.529. The summed E-state index contributed by atoms with van der Waals surface area (Å²) in [5, 5.41) is 16.6. The van der Waals surface area contributed by atoms with Gasteiger partial charge in [0.05, 0.1) is 7.11 Å². The van der Waals surface area contributed by atoms with Gasteiger partial charge in [0.25, 0.3) is 0 Å². The minimum Gasteiger partial charge on any atom is -0.497 e. The van der Waals surface area contributed by atoms with Crippen molar-refractivity contribution in [2.75, 3.05) is 32.6 Å². The predicted molar refractivity (Wildman–Crippen MR) is 114 cm³/mol. The van der Waals surface area contributed by atoms with Crippen molar-refractivity contribution >= 4 is 23.4 Å². The van der Waals surface area contributed by atoms with Crippen molar-refractivity contribution in [3.8, 4) is 5.75 Å². The molecule has 148 valence electrons. The maximum atomic E-state index is 12.9. The number of nitrogens with one attached hydrogen (secondary N) is 4. The molecule has 7 heteroatoms. The SMILES string of the molecule is CNCCNC(C(=O)Nc1ccc(/C(C=N)=C/N)cc1)c1cccc(OC)c1. The topological polar surface area (TPSA) is 112 Å². The zero-order chi connectivity index (χ0) is 20.4. The second-order valence-corrected chi connectivity index (χ2v) is 6.10. The van der Waals surface area contributed by atoms with E-state index in [1.165, 1.54) is 12.4 Å². The van der Waals surface area contributed by atoms with Gasteiger partial charge in [-0.15, -0.1) is 0 Å². The first-order valence-electron chi connectivity index (χ1n) is 8.98. The number of ether oxygens (including phenoxy) is 1. The van der Waals surface area contributed by atoms with Gasteiger partial charge in [0, 0.05) is 36.8 Å². The largest absolute Gasteiger partial charge is 0.497 e. The summed E-state index contributed by atoms with van der Waals surface area (Å²) < 4.78 is 5.28. The molecule has 0 saturated heterocycles. The highest BCUT2D eigenvalue weighted by Crippen LogP contribution is 2.22. The Kier molecular flexibility index (Phi) is 8.20. The third-order valence-electron chi connectivity index (χ3n) is 4.23. The number of amides is 1. The number of carbonyl (C=O) groups is 1. The van der Waals surface area contributed by atoms with Crippen LogP contribution in [0.15, 0.2) is 54.7 Å². The van der Waals surface area contributed by atoms with Crippen LogP contribution in [0.2, 0.25) is 0 Å². The molecule has 0 heterocycles. The Morgan fingerprint density at radius 3 is 2.57 bits per heavy atom. The molecular formula is C21H27N5O2. The molecule has 0 bridgehead atoms. The van der Waals surface area contributed by atoms with Gasteiger partial charge in [0.15, 0.2) is 0 Å². The lowest BCUT2D eigenvalue weighted by molar-refractivity contribution is -0.118. The number of hydrogen-bond donors (Lipinski definition) is 5. The third-order valence-corrected chi connectivity index (χ3v) is 4.23. The van der Waals surface area contributed by atoms with E-state index < -0.39 is 6.04 Å². The molecule has 0 fully saturated rings. The Morgan fingerprint density at radius 1 is 1.21 bits per heavy atom. The highest BCUT2D eigenvalue weighted by molar-refractivity contribution is 6.08. The van der Waals surface area contributed by atoms with E-state index in [0.29, 0.717) is 23.6 Å². The standard InChI is InChI=1S/C21H27N5O2/c1-24-10-11-25-20(16-4-3-5-19(12-16)28-2)21(27)26-18-8-6-15(7-9-18)17(13-22)14-23/h3-9,12-14,20,22,24-25H,10-11,23H2,1-2H3,(H,26,27)/b17-14+,22-13?. The summed E-state index contributed by atoms with van der Waals surface area (Å²) in [7, 11) is 3.46. The molecule has 2 aromatic rings. The van der Waals surface area contributed by atoms with E-state index in [2.05, 4.69) is 16.0 Å². The monoisotopic (exact) mass is 381 g/mol. The first-order chi connectivity index (χ1) is 13.6. The van der Waals surface area contributed by atoms with Crippen molar-refractivity contribution in [1.82, 2.24) is 10.6 Å². The van der Waals surface area contributed by atoms with Gasteiger partial charge in [0.1, 0.15) is 11.8 Å². The van der Waals surface area contributed by atoms with Gasteiger partial charge < -0.3 is 31.8 Å². The van der Waals surface area contributed by atoms with E-state index in [9.17, 15) is 4.79 Å². The van der Waals surface area contributed by atoms with Crippen LogP contribution in [0.5, 0.6) is 5.75 Å². The van der Waals surface area contributed by atoms with Crippen LogP contribution in [-0.4, -0.2) is 39.4 Å². The summed E-state index contributed by atoms with van der Waals surface area (Å²) in [6, 6.07) is 14.1. The fraction of sp³-hybridized carbons (Fsp3) is 0.238. The van der Waals surface area contributed by atoms with Gasteiger partial charge in [-0.1, -0.05) is 24.3 Å². The van der Waals surface area contributed by atoms with Gasteiger partial charge >= 0.3 is 0 Å². The fourth-order valence-corrected chi connectivity index (χ4v) is 2.71. The molecule has 0 saturated carbocycles. The average molecular weight is 381 g/mol. The van der Waals surface area contributed by atoms with Crippen LogP contribution in [0.1, 0.15) is 17.2 Å². The number of likely N-dealkylation sites (N-methyl/N-ethyl adjacent to an activating group) is 1. The highest BCUT2D eigenvalue weighted by atomic mass is 16.5. The number of benzene rings is 2. The number of rotatable bonds is 10. The summed E-state index contributed by atoms with van der Waals surface area (Å²) in [6.45, 7) is 1.37. The summed E-state index contributed by atoms with van der Waals surface area (Å²) in [4.78, 5) is 12.9. The van der Waals surface area contributed by atoms with Gasteiger partial charge in [-0.25, -0.2) is 0 Å². The Balaban J connectivity index is 2.18. The van der Waals surface area contributed by atoms with Crippen molar-refractivity contribution in [3.63, 3.8) is 0 Å². The summed E-state index contributed by atoms with van der Waals surface area (Å²) >= 11 is 0. The maximum Gasteiger partial charge on any atom is 0.246 e. The molecule has 7 nitrogen and oxygen atoms in total. The lowest BCUT2D eigenvalue weighted by Crippen LogP contribution is -2.36. The van der Waals surface area contributed by atoms with Crippen LogP contribution in [0.25, 0.3) is 5.57 Å². The van der Waals surface area contributed by atoms with Crippen molar-refractivity contribution in [2.24, 2.45) is 5.73 Å². The second-order valence-electron chi connectivity index (χ2n) is 6.10. The molecule has 0 aliphatic rings. The molecule has 2 aromatic carbocycles. The van der Waals surface area contributed by atoms with Gasteiger partial charge in [-0.3, -0.25) is 4.79 Å². The van der Waals surface area contributed by atoms with Crippen LogP contribution in [0, 0.1) is 5.41 Å². The van der Waals surface area contributed by atoms with Crippen molar-refractivity contribution in [3.05, 3.63) is 65.9 Å². The molecule has 28 heavy (non-hydrogen) atoms. The van der Waals surface area contributed by atoms with Crippen LogP contribution >= 0.6 is 0 Å². The fourth-order valence-electron chi connectivity index (χ4n) is 2.71. The molecule has 2 rings (SSSR count). The molecule has 0 aliphatic carbocycles. The Morgan fingerprint density at radius 2 is 1.96 bits per heavy atom. The maximum absolute atomic E-state index is 12.9. The van der Waals surface area contributed by atoms with Crippen LogP contribution in [0.4, 0.5) is 5.69 Å². The lowest BCUT2D eigenvalue weighted by atomic mass is 10.0. The lowest BCUT2D eigenvalue weighted by Gasteiger charge is -2.19. The highest BCUT2D eigenvalue weighted by Gasteiger charge is 2.20. The number of hydrogen-bond acceptors (Lipinski definition) is 6. The normalized spacial score (nSPS) is 12.3. The molecule has 0 spiro atoms. The quantitative estimate of drug-likeness (QED) is 0.320. The number of anilines is 1. The minimum absolute atomic E-state index is 0.168. The van der Waals surface area contributed by atoms with E-state index >= 15 is 0 Å². The van der Waals surface area contributed by atoms with Crippen LogP contribution < -0.4 is 26.4 Å². The van der Waals surface area contributed by atoms with E-state index in [1.54, 1.807) is 19.2 Å². The predicted octanol–water partition coefficient (Wildman–Crippen LogP) is 2.13. The summed E-state index contributed by atoms with van der Waals surface area (Å²) in [5.41, 5.74) is 8.42. The zero-order valence-electron chi connectivity index (χ0n) is 16.2. The van der Waals surface area contributed by atoms with Crippen LogP contribution in [-0.2, 0) is 4.79 Å². The molecule has 0 radical (unpaired) electrons. The first kappa shape index (κ1) is 21.1. The smallest absolute Gasteiger partial charge is 0.246 e. The first-order valence-corrected chi connectivity index (χ1v) is 8.98. The number of allylic oxidation sites excluding steroid dienone is 1. The number of carbonyl (C=O) groups excluding carboxylic acids is 1. The molecule has 1 atom stereocenters. The molecular weight excluding hydrogens is 354 g/mol. The van der Waals surface area contributed by atoms with Gasteiger partial charge in [-0.2, -0.15) is 0 Å². The average Bonchev–Trinajstić information content (AvgIpc) is 2.73. The number of methoxy groups -OCH3 is 1. The second kappa shape index (κ2) is 10.9. The molecule has 6 N–H and O–H groups in total. The Labute approximate surface area is 165 Å². The zero-order valence-corrected chi connectivity index (χ0v) is 16.2. The number of nitrogens with two attached hydrogens (primary N) is 1. The molecule has 1 unspecified atom stereocenters. The van der Waals surface area contributed by atoms with E-state index in [-0.39, 0.29) is 5.91 Å². The van der Waals surface area contributed by atoms with E-state index in [4.69, 9.17) is 15.9 Å². The van der Waals surface area contributed by atoms with Crippen molar-refractivity contribution in [2.45, 2.75) is 6.04 Å². The minimum atomic E-state index is -0.524.